The van der Waals surface area contributed by atoms with E-state index in [1.165, 1.54) is 55.5 Å². The van der Waals surface area contributed by atoms with Crippen LogP contribution in [-0.2, 0) is 9.53 Å². The number of benzene rings is 2. The number of nitro groups is 1. The van der Waals surface area contributed by atoms with E-state index in [9.17, 15) is 24.5 Å². The minimum atomic E-state index is -1.17. The number of ether oxygens (including phenoxy) is 1. The van der Waals surface area contributed by atoms with Crippen LogP contribution in [0.3, 0.4) is 0 Å². The maximum Gasteiger partial charge on any atom is 0.338 e. The number of aldehydes is 1. The van der Waals surface area contributed by atoms with Crippen molar-refractivity contribution in [2.75, 3.05) is 5.32 Å². The van der Waals surface area contributed by atoms with Crippen molar-refractivity contribution in [2.45, 2.75) is 13.0 Å². The van der Waals surface area contributed by atoms with Crippen molar-refractivity contribution in [3.05, 3.63) is 69.8 Å². The van der Waals surface area contributed by atoms with Gasteiger partial charge < -0.3 is 10.1 Å². The van der Waals surface area contributed by atoms with Gasteiger partial charge >= 0.3 is 5.97 Å². The number of carbonyl (C=O) groups is 3. The van der Waals surface area contributed by atoms with Gasteiger partial charge in [0.1, 0.15) is 12.0 Å². The Bertz CT molecular complexity index is 816. The molecule has 0 aliphatic carbocycles. The normalized spacial score (nSPS) is 11.2. The van der Waals surface area contributed by atoms with Gasteiger partial charge in [0.25, 0.3) is 11.6 Å². The molecule has 0 bridgehead atoms. The molecule has 0 heterocycles. The smallest absolute Gasteiger partial charge is 0.338 e. The number of nitrogens with zero attached hydrogens (tertiary/aromatic N) is 1. The number of rotatable bonds is 6. The van der Waals surface area contributed by atoms with Gasteiger partial charge in [0.2, 0.25) is 0 Å². The van der Waals surface area contributed by atoms with Crippen LogP contribution < -0.4 is 5.32 Å². The Hall–Kier alpha value is -3.55. The molecule has 8 nitrogen and oxygen atoms in total. The molecule has 1 atom stereocenters. The minimum Gasteiger partial charge on any atom is -0.449 e. The van der Waals surface area contributed by atoms with Gasteiger partial charge in [-0.2, -0.15) is 0 Å². The largest absolute Gasteiger partial charge is 0.449 e. The first-order valence-electron chi connectivity index (χ1n) is 7.23. The third-order valence-electron chi connectivity index (χ3n) is 3.29. The predicted molar refractivity (Wildman–Crippen MR) is 88.4 cm³/mol. The van der Waals surface area contributed by atoms with E-state index in [1.807, 2.05) is 0 Å². The molecular weight excluding hydrogens is 328 g/mol. The molecule has 0 aliphatic rings. The van der Waals surface area contributed by atoms with E-state index in [0.29, 0.717) is 11.8 Å². The standard InChI is InChI=1S/C17H14N2O6/c1-11(25-17(22)13-8-6-12(10-20)7-9-13)16(21)18-14-4-2-3-5-15(14)19(23)24/h2-11H,1H3,(H,18,21)/t11-/m1/s1. The molecule has 0 aliphatic heterocycles. The maximum absolute atomic E-state index is 12.1. The van der Waals surface area contributed by atoms with E-state index in [-0.39, 0.29) is 16.9 Å². The van der Waals surface area contributed by atoms with Crippen molar-refractivity contribution in [2.24, 2.45) is 0 Å². The summed E-state index contributed by atoms with van der Waals surface area (Å²) in [7, 11) is 0. The summed E-state index contributed by atoms with van der Waals surface area (Å²) in [5.74, 6) is -1.45. The van der Waals surface area contributed by atoms with Crippen molar-refractivity contribution in [3.63, 3.8) is 0 Å². The van der Waals surface area contributed by atoms with E-state index in [4.69, 9.17) is 4.74 Å². The van der Waals surface area contributed by atoms with Crippen LogP contribution >= 0.6 is 0 Å². The molecule has 128 valence electrons. The van der Waals surface area contributed by atoms with Crippen LogP contribution in [0.4, 0.5) is 11.4 Å². The summed E-state index contributed by atoms with van der Waals surface area (Å²) in [6.45, 7) is 1.35. The Morgan fingerprint density at radius 1 is 1.16 bits per heavy atom. The first kappa shape index (κ1) is 17.8. The molecule has 25 heavy (non-hydrogen) atoms. The second-order valence-corrected chi connectivity index (χ2v) is 5.05. The summed E-state index contributed by atoms with van der Waals surface area (Å²) in [5.41, 5.74) is 0.323. The van der Waals surface area contributed by atoms with E-state index in [2.05, 4.69) is 5.32 Å². The van der Waals surface area contributed by atoms with E-state index < -0.39 is 22.9 Å². The summed E-state index contributed by atoms with van der Waals surface area (Å²) in [4.78, 5) is 45.0. The molecule has 2 aromatic rings. The Morgan fingerprint density at radius 2 is 1.80 bits per heavy atom. The zero-order chi connectivity index (χ0) is 18.4. The third-order valence-corrected chi connectivity index (χ3v) is 3.29. The number of amides is 1. The highest BCUT2D eigenvalue weighted by Gasteiger charge is 2.22. The summed E-state index contributed by atoms with van der Waals surface area (Å²) >= 11 is 0. The number of nitrogens with one attached hydrogen (secondary N) is 1. The van der Waals surface area contributed by atoms with Crippen LogP contribution in [0.5, 0.6) is 0 Å². The minimum absolute atomic E-state index is 0.00994. The van der Waals surface area contributed by atoms with Gasteiger partial charge in [-0.05, 0) is 25.1 Å². The molecule has 0 fully saturated rings. The average Bonchev–Trinajstić information content (AvgIpc) is 2.61. The van der Waals surface area contributed by atoms with Crippen molar-refractivity contribution in [1.82, 2.24) is 0 Å². The van der Waals surface area contributed by atoms with Crippen molar-refractivity contribution in [3.8, 4) is 0 Å². The molecule has 2 rings (SSSR count). The van der Waals surface area contributed by atoms with Crippen LogP contribution in [0.15, 0.2) is 48.5 Å². The van der Waals surface area contributed by atoms with Gasteiger partial charge in [-0.15, -0.1) is 0 Å². The molecule has 0 saturated heterocycles. The highest BCUT2D eigenvalue weighted by atomic mass is 16.6. The maximum atomic E-state index is 12.1. The predicted octanol–water partition coefficient (Wildman–Crippen LogP) is 2.59. The summed E-state index contributed by atoms with van der Waals surface area (Å²) in [5, 5.41) is 13.3. The average molecular weight is 342 g/mol. The highest BCUT2D eigenvalue weighted by Crippen LogP contribution is 2.23. The number of anilines is 1. The van der Waals surface area contributed by atoms with Crippen LogP contribution in [0, 0.1) is 10.1 Å². The summed E-state index contributed by atoms with van der Waals surface area (Å²) in [6, 6.07) is 11.3. The number of para-hydroxylation sites is 2. The van der Waals surface area contributed by atoms with Gasteiger partial charge in [-0.25, -0.2) is 4.79 Å². The number of nitro benzene ring substituents is 1. The quantitative estimate of drug-likeness (QED) is 0.373. The lowest BCUT2D eigenvalue weighted by atomic mass is 10.1. The summed E-state index contributed by atoms with van der Waals surface area (Å²) < 4.78 is 5.04. The fourth-order valence-electron chi connectivity index (χ4n) is 1.95. The number of hydrogen-bond donors (Lipinski definition) is 1. The number of carbonyl (C=O) groups excluding carboxylic acids is 3. The second-order valence-electron chi connectivity index (χ2n) is 5.05. The monoisotopic (exact) mass is 342 g/mol. The van der Waals surface area contributed by atoms with Crippen LogP contribution in [-0.4, -0.2) is 29.2 Å². The molecule has 0 saturated carbocycles. The SMILES string of the molecule is C[C@@H](OC(=O)c1ccc(C=O)cc1)C(=O)Nc1ccccc1[N+](=O)[O-]. The topological polar surface area (TPSA) is 116 Å². The zero-order valence-electron chi connectivity index (χ0n) is 13.2. The van der Waals surface area contributed by atoms with Gasteiger partial charge in [-0.3, -0.25) is 19.7 Å². The van der Waals surface area contributed by atoms with Crippen LogP contribution in [0.25, 0.3) is 0 Å². The Balaban J connectivity index is 2.03. The second kappa shape index (κ2) is 7.82. The lowest BCUT2D eigenvalue weighted by molar-refractivity contribution is -0.383. The molecule has 0 spiro atoms. The number of esters is 1. The first-order valence-corrected chi connectivity index (χ1v) is 7.23. The number of hydrogen-bond acceptors (Lipinski definition) is 6. The molecule has 8 heteroatoms. The fraction of sp³-hybridized carbons (Fsp3) is 0.118. The van der Waals surface area contributed by atoms with Gasteiger partial charge in [0.05, 0.1) is 10.5 Å². The van der Waals surface area contributed by atoms with Gasteiger partial charge in [-0.1, -0.05) is 24.3 Å². The molecule has 0 radical (unpaired) electrons. The lowest BCUT2D eigenvalue weighted by Gasteiger charge is -2.13. The molecule has 0 aromatic heterocycles. The first-order chi connectivity index (χ1) is 11.9. The highest BCUT2D eigenvalue weighted by molar-refractivity contribution is 5.98. The van der Waals surface area contributed by atoms with Gasteiger partial charge in [0.15, 0.2) is 6.10 Å². The fourth-order valence-corrected chi connectivity index (χ4v) is 1.95. The van der Waals surface area contributed by atoms with Crippen molar-refractivity contribution >= 4 is 29.5 Å². The molecule has 1 amide bonds. The molecular formula is C17H14N2O6. The third kappa shape index (κ3) is 4.47. The Kier molecular flexibility index (Phi) is 5.57. The Morgan fingerprint density at radius 3 is 2.40 bits per heavy atom. The van der Waals surface area contributed by atoms with Crippen molar-refractivity contribution in [1.29, 1.82) is 0 Å². The van der Waals surface area contributed by atoms with E-state index >= 15 is 0 Å². The van der Waals surface area contributed by atoms with Crippen LogP contribution in [0.1, 0.15) is 27.6 Å². The van der Waals surface area contributed by atoms with Crippen LogP contribution in [0.2, 0.25) is 0 Å². The van der Waals surface area contributed by atoms with Gasteiger partial charge in [0, 0.05) is 11.6 Å². The summed E-state index contributed by atoms with van der Waals surface area (Å²) in [6.07, 6.45) is -0.532. The Labute approximate surface area is 142 Å². The van der Waals surface area contributed by atoms with E-state index in [0.717, 1.165) is 0 Å². The van der Waals surface area contributed by atoms with E-state index in [1.54, 1.807) is 0 Å². The molecule has 2 aromatic carbocycles. The van der Waals surface area contributed by atoms with Crippen molar-refractivity contribution < 1.29 is 24.0 Å². The zero-order valence-corrected chi connectivity index (χ0v) is 13.2. The lowest BCUT2D eigenvalue weighted by Crippen LogP contribution is -2.30. The molecule has 1 N–H and O–H groups in total. The molecule has 0 unspecified atom stereocenters.